The van der Waals surface area contributed by atoms with Gasteiger partial charge in [0.15, 0.2) is 17.8 Å². The maximum atomic E-state index is 11.8. The van der Waals surface area contributed by atoms with Crippen LogP contribution in [-0.4, -0.2) is 118 Å². The number of rotatable bonds is 32. The molecular formula is C97H88Cl4N14O13. The summed E-state index contributed by atoms with van der Waals surface area (Å²) in [5, 5.41) is 54.7. The number of aliphatic imine (C=N–C) groups is 2. The minimum atomic E-state index is -0.601. The topological polar surface area (TPSA) is 370 Å². The van der Waals surface area contributed by atoms with Gasteiger partial charge in [0, 0.05) is 117 Å². The summed E-state index contributed by atoms with van der Waals surface area (Å²) < 4.78 is 55.3. The lowest BCUT2D eigenvalue weighted by molar-refractivity contribution is 0.111. The van der Waals surface area contributed by atoms with Crippen LogP contribution in [0.4, 0.5) is 11.4 Å². The van der Waals surface area contributed by atoms with E-state index in [1.807, 2.05) is 62.4 Å². The first kappa shape index (κ1) is 93.3. The molecule has 4 aromatic heterocycles. The van der Waals surface area contributed by atoms with E-state index in [0.717, 1.165) is 77.9 Å². The molecule has 0 fully saturated rings. The summed E-state index contributed by atoms with van der Waals surface area (Å²) in [5.74, 6) is 4.77. The Morgan fingerprint density at radius 2 is 0.766 bits per heavy atom. The van der Waals surface area contributed by atoms with Gasteiger partial charge in [0.1, 0.15) is 117 Å². The van der Waals surface area contributed by atoms with Gasteiger partial charge in [0.05, 0.1) is 99.6 Å². The van der Waals surface area contributed by atoms with Gasteiger partial charge in [-0.1, -0.05) is 119 Å². The number of ether oxygens (including phenoxy) is 9. The molecule has 652 valence electrons. The Balaban J connectivity index is 0.000000221. The number of methoxy groups -OCH3 is 1. The van der Waals surface area contributed by atoms with Crippen LogP contribution in [0.5, 0.6) is 51.7 Å². The molecule has 128 heavy (non-hydrogen) atoms. The number of carbonyl (C=O) groups excluding carboxylic acids is 1. The Hall–Kier alpha value is -13.9. The molecule has 0 radical (unpaired) electrons. The van der Waals surface area contributed by atoms with Gasteiger partial charge < -0.3 is 80.1 Å². The number of nitrogens with one attached hydrogen (secondary N) is 2. The number of nitrogens with zero attached hydrogens (tertiary/aromatic N) is 10. The van der Waals surface area contributed by atoms with Crippen molar-refractivity contribution in [3.05, 3.63) is 333 Å². The third-order valence-corrected chi connectivity index (χ3v) is 21.8. The Labute approximate surface area is 760 Å². The Morgan fingerprint density at radius 1 is 0.438 bits per heavy atom. The van der Waals surface area contributed by atoms with E-state index in [9.17, 15) is 25.5 Å². The number of nitrogens with two attached hydrogens (primary N) is 2. The number of aliphatic hydroxyl groups excluding tert-OH is 3. The van der Waals surface area contributed by atoms with Crippen LogP contribution in [0.2, 0.25) is 20.1 Å². The van der Waals surface area contributed by atoms with Gasteiger partial charge in [-0.3, -0.25) is 34.7 Å². The fourth-order valence-corrected chi connectivity index (χ4v) is 14.3. The molecule has 9 N–H and O–H groups in total. The Morgan fingerprint density at radius 3 is 1.10 bits per heavy atom. The maximum Gasteiger partial charge on any atom is 0.205 e. The lowest BCUT2D eigenvalue weighted by Crippen LogP contribution is -2.39. The van der Waals surface area contributed by atoms with Crippen LogP contribution in [0.1, 0.15) is 99.4 Å². The van der Waals surface area contributed by atoms with E-state index in [2.05, 4.69) is 100 Å². The van der Waals surface area contributed by atoms with Gasteiger partial charge in [-0.2, -0.15) is 10.5 Å². The molecule has 14 rings (SSSR count). The van der Waals surface area contributed by atoms with E-state index in [-0.39, 0.29) is 89.6 Å². The van der Waals surface area contributed by atoms with E-state index in [1.165, 1.54) is 38.0 Å². The van der Waals surface area contributed by atoms with Gasteiger partial charge in [-0.15, -0.1) is 0 Å². The molecule has 0 saturated heterocycles. The zero-order valence-electron chi connectivity index (χ0n) is 70.2. The molecule has 0 amide bonds. The molecule has 27 nitrogen and oxygen atoms in total. The van der Waals surface area contributed by atoms with Crippen molar-refractivity contribution in [2.75, 3.05) is 46.4 Å². The number of β-amino-alcohol motifs (C(OH)–C–C–N with tert-alkyl or cyclic N) is 2. The average molecular weight is 1800 g/mol. The van der Waals surface area contributed by atoms with Crippen molar-refractivity contribution < 1.29 is 62.7 Å². The molecule has 0 bridgehead atoms. The number of halogens is 4. The minimum Gasteiger partial charge on any atom is -0.493 e. The predicted octanol–water partition coefficient (Wildman–Crippen LogP) is 17.1. The standard InChI is InChI=1S/C50H44Cl2N8O6.C44H34Cl2N4O6.C3H10N2O/c1-29-34(27-65-47-14-45(63-25-32-10-31(16-53)17-55-18-32)41(12-43(47)51)49-57-21-37(61)22-58-49)6-4-8-39(29)40-9-5-7-35(30(40)2)28-66-48-15-46(64-26-33-11-36(54-3)20-56-19-33)42(13-44(48)52)50-59-23-38(62)24-60-50;1-27-32(25-55-41-15-40(34(22-51)13-38(41)45)53-24-31-12-35(48-3)21-50-20-31)7-5-9-36(27)37-10-6-8-33(28(37)2)26-56-42-16-44(43(52-4)14-39(42)46)54-23-30-11-29(17-47)18-49-19-30;4-1-3(6)2-5/h4-15,17-20,37-38,61-62H,21-28H2,1-2H3,(H,57,58)(H,59,60);5-16,18-22H,23-26H2,1-2,4H3;3,6H,1-2,4-5H2. The first-order valence-corrected chi connectivity index (χ1v) is 41.6. The summed E-state index contributed by atoms with van der Waals surface area (Å²) in [6, 6.07) is 48.7. The molecule has 2 aliphatic rings. The van der Waals surface area contributed by atoms with Crippen molar-refractivity contribution in [2.24, 2.45) is 21.5 Å². The zero-order valence-corrected chi connectivity index (χ0v) is 73.3. The fourth-order valence-electron chi connectivity index (χ4n) is 13.5. The number of pyridine rings is 4. The van der Waals surface area contributed by atoms with Crippen molar-refractivity contribution in [3.63, 3.8) is 0 Å². The van der Waals surface area contributed by atoms with Crippen LogP contribution in [0.15, 0.2) is 205 Å². The lowest BCUT2D eigenvalue weighted by Gasteiger charge is -2.22. The fraction of sp³-hybridized carbons (Fsp3) is 0.227. The minimum absolute atomic E-state index is 0.101. The van der Waals surface area contributed by atoms with Gasteiger partial charge >= 0.3 is 0 Å². The highest BCUT2D eigenvalue weighted by Gasteiger charge is 2.26. The molecular weight excluding hydrogens is 1710 g/mol. The second-order valence-corrected chi connectivity index (χ2v) is 31.0. The molecule has 0 aliphatic carbocycles. The Bertz CT molecular complexity index is 6070. The second kappa shape index (κ2) is 45.3. The predicted molar refractivity (Wildman–Crippen MR) is 489 cm³/mol. The lowest BCUT2D eigenvalue weighted by atomic mass is 9.92. The summed E-state index contributed by atoms with van der Waals surface area (Å²) in [6.45, 7) is 25.8. The number of hydrogen-bond donors (Lipinski definition) is 7. The van der Waals surface area contributed by atoms with Crippen LogP contribution in [0.3, 0.4) is 0 Å². The van der Waals surface area contributed by atoms with Crippen LogP contribution < -0.4 is 64.7 Å². The number of aldehydes is 1. The van der Waals surface area contributed by atoms with Crippen LogP contribution in [0, 0.1) is 63.5 Å². The second-order valence-electron chi connectivity index (χ2n) is 29.4. The first-order chi connectivity index (χ1) is 62.1. The monoisotopic (exact) mass is 1800 g/mol. The molecule has 2 atom stereocenters. The molecule has 0 saturated carbocycles. The van der Waals surface area contributed by atoms with E-state index < -0.39 is 18.3 Å². The summed E-state index contributed by atoms with van der Waals surface area (Å²) in [4.78, 5) is 44.2. The molecule has 2 unspecified atom stereocenters. The number of aromatic nitrogens is 4. The zero-order chi connectivity index (χ0) is 90.8. The maximum absolute atomic E-state index is 11.8. The third kappa shape index (κ3) is 24.4. The van der Waals surface area contributed by atoms with Gasteiger partial charge in [-0.05, 0) is 148 Å². The van der Waals surface area contributed by atoms with E-state index in [4.69, 9.17) is 119 Å². The van der Waals surface area contributed by atoms with Gasteiger partial charge in [0.2, 0.25) is 11.4 Å². The van der Waals surface area contributed by atoms with Crippen LogP contribution >= 0.6 is 46.4 Å². The number of carbonyl (C=O) groups is 1. The molecule has 0 spiro atoms. The number of aliphatic hydroxyl groups is 3. The van der Waals surface area contributed by atoms with Gasteiger partial charge in [0.25, 0.3) is 0 Å². The van der Waals surface area contributed by atoms with Crippen molar-refractivity contribution >= 4 is 75.7 Å². The van der Waals surface area contributed by atoms with Crippen molar-refractivity contribution in [1.29, 1.82) is 10.5 Å². The third-order valence-electron chi connectivity index (χ3n) is 20.6. The number of hydrogen-bond acceptors (Lipinski definition) is 25. The normalized spacial score (nSPS) is 13.1. The molecule has 31 heteroatoms. The molecule has 6 heterocycles. The summed E-state index contributed by atoms with van der Waals surface area (Å²) >= 11 is 26.9. The summed E-state index contributed by atoms with van der Waals surface area (Å²) in [7, 11) is 1.53. The number of nitriles is 2. The summed E-state index contributed by atoms with van der Waals surface area (Å²) in [5.41, 5.74) is 27.9. The highest BCUT2D eigenvalue weighted by atomic mass is 35.5. The van der Waals surface area contributed by atoms with Crippen LogP contribution in [-0.2, 0) is 52.9 Å². The smallest absolute Gasteiger partial charge is 0.205 e. The van der Waals surface area contributed by atoms with E-state index in [1.54, 1.807) is 91.5 Å². The highest BCUT2D eigenvalue weighted by molar-refractivity contribution is 6.33. The number of benzene rings is 8. The van der Waals surface area contributed by atoms with Crippen molar-refractivity contribution in [3.8, 4) is 86.1 Å². The van der Waals surface area contributed by atoms with E-state index >= 15 is 0 Å². The first-order valence-electron chi connectivity index (χ1n) is 40.1. The largest absolute Gasteiger partial charge is 0.493 e. The summed E-state index contributed by atoms with van der Waals surface area (Å²) in [6.07, 6.45) is 11.4. The number of amidine groups is 2. The molecule has 2 aliphatic heterocycles. The van der Waals surface area contributed by atoms with E-state index in [0.29, 0.717) is 143 Å². The van der Waals surface area contributed by atoms with Crippen LogP contribution in [0.25, 0.3) is 31.9 Å². The van der Waals surface area contributed by atoms with Crippen molar-refractivity contribution in [1.82, 2.24) is 30.6 Å². The molecule has 8 aromatic carbocycles. The van der Waals surface area contributed by atoms with Gasteiger partial charge in [-0.25, -0.2) is 9.69 Å². The SMILES string of the molecule is NCC(O)CN.[C-]#[N+]c1cncc(COc2cc(OCc3cccc(-c4cccc(COc5cc(OCc6cncc(C#N)c6)c(C6=NCC(O)CN6)cc5Cl)c4C)c3C)c(Cl)cc2C2=NCC(O)CN2)c1.[C-]#[N+]c1cncc(COc2cc(OCc3cccc(-c4cccc(COc5cc(OCc6cncc(C#N)c6)c(OC)cc5Cl)c4C)c3C)c(Cl)cc2C=O)c1. The highest BCUT2D eigenvalue weighted by Crippen LogP contribution is 2.43. The quantitative estimate of drug-likeness (QED) is 0.0152. The van der Waals surface area contributed by atoms with Crippen molar-refractivity contribution in [2.45, 2.75) is 98.9 Å². The Kier molecular flexibility index (Phi) is 33.0. The average Bonchev–Trinajstić information content (AvgIpc) is 0.799. The molecule has 12 aromatic rings.